The van der Waals surface area contributed by atoms with Crippen LogP contribution in [0.4, 0.5) is 0 Å². The summed E-state index contributed by atoms with van der Waals surface area (Å²) in [5.41, 5.74) is 5.72. The van der Waals surface area contributed by atoms with Gasteiger partial charge in [-0.25, -0.2) is 4.57 Å². The smallest absolute Gasteiger partial charge is 0.200 e. The summed E-state index contributed by atoms with van der Waals surface area (Å²) in [6.07, 6.45) is 7.68. The molecule has 0 saturated heterocycles. The summed E-state index contributed by atoms with van der Waals surface area (Å²) in [4.78, 5) is 2.79. The van der Waals surface area contributed by atoms with E-state index in [1.807, 2.05) is 11.8 Å². The van der Waals surface area contributed by atoms with E-state index in [0.717, 1.165) is 5.92 Å². The van der Waals surface area contributed by atoms with Crippen LogP contribution in [0.2, 0.25) is 0 Å². The molecule has 0 atom stereocenters. The molecule has 1 aliphatic heterocycles. The second-order valence-corrected chi connectivity index (χ2v) is 10.6. The van der Waals surface area contributed by atoms with Gasteiger partial charge in [-0.2, -0.15) is 0 Å². The first kappa shape index (κ1) is 18.7. The lowest BCUT2D eigenvalue weighted by atomic mass is 9.88. The molecule has 1 aromatic heterocycles. The topological polar surface area (TPSA) is 3.88 Å². The van der Waals surface area contributed by atoms with Gasteiger partial charge in [0.2, 0.25) is 5.69 Å². The highest BCUT2D eigenvalue weighted by Gasteiger charge is 2.30. The van der Waals surface area contributed by atoms with Gasteiger partial charge in [-0.15, -0.1) is 0 Å². The van der Waals surface area contributed by atoms with Crippen molar-refractivity contribution in [3.05, 3.63) is 78.0 Å². The van der Waals surface area contributed by atoms with Gasteiger partial charge in [0.1, 0.15) is 7.05 Å². The minimum Gasteiger partial charge on any atom is -0.200 e. The lowest BCUT2D eigenvalue weighted by Gasteiger charge is -2.23. The highest BCUT2D eigenvalue weighted by Crippen LogP contribution is 2.51. The third-order valence-electron chi connectivity index (χ3n) is 7.80. The summed E-state index contributed by atoms with van der Waals surface area (Å²) in [5, 5.41) is 8.39. The molecule has 0 bridgehead atoms. The number of pyridine rings is 1. The molecule has 1 saturated carbocycles. The van der Waals surface area contributed by atoms with E-state index in [0.29, 0.717) is 0 Å². The molecule has 2 aliphatic rings. The molecule has 1 aliphatic carbocycles. The van der Waals surface area contributed by atoms with E-state index in [4.69, 9.17) is 0 Å². The largest absolute Gasteiger partial charge is 0.222 e. The van der Waals surface area contributed by atoms with Crippen LogP contribution in [0.25, 0.3) is 43.6 Å². The Hall–Kier alpha value is -2.84. The quantitative estimate of drug-likeness (QED) is 0.188. The number of hydrogen-bond acceptors (Lipinski definition) is 1. The van der Waals surface area contributed by atoms with Crippen LogP contribution in [0.5, 0.6) is 0 Å². The zero-order valence-corrected chi connectivity index (χ0v) is 19.4. The molecule has 0 radical (unpaired) electrons. The SMILES string of the molecule is Cc1c2c(cc3ccccc13)Sc1cc3c(C4CCCC4)cccc3c3cc[n+](C)c-2c13. The van der Waals surface area contributed by atoms with Crippen LogP contribution in [-0.2, 0) is 7.05 Å². The molecule has 1 fully saturated rings. The molecular formula is C30H26NS+. The normalized spacial score (nSPS) is 15.7. The van der Waals surface area contributed by atoms with Crippen molar-refractivity contribution in [3.63, 3.8) is 0 Å². The first-order valence-corrected chi connectivity index (χ1v) is 12.6. The first-order chi connectivity index (χ1) is 15.7. The van der Waals surface area contributed by atoms with E-state index >= 15 is 0 Å². The molecule has 2 heterocycles. The average molecular weight is 433 g/mol. The second-order valence-electron chi connectivity index (χ2n) is 9.56. The van der Waals surface area contributed by atoms with Gasteiger partial charge in [0.25, 0.3) is 0 Å². The van der Waals surface area contributed by atoms with Crippen LogP contribution in [0, 0.1) is 6.92 Å². The van der Waals surface area contributed by atoms with Gasteiger partial charge in [0.15, 0.2) is 6.20 Å². The van der Waals surface area contributed by atoms with Crippen molar-refractivity contribution in [2.45, 2.75) is 48.3 Å². The maximum atomic E-state index is 2.51. The molecule has 5 aromatic rings. The van der Waals surface area contributed by atoms with Crippen molar-refractivity contribution in [3.8, 4) is 11.3 Å². The lowest BCUT2D eigenvalue weighted by molar-refractivity contribution is -0.659. The van der Waals surface area contributed by atoms with Gasteiger partial charge in [-0.3, -0.25) is 0 Å². The van der Waals surface area contributed by atoms with Gasteiger partial charge >= 0.3 is 0 Å². The summed E-state index contributed by atoms with van der Waals surface area (Å²) >= 11 is 1.97. The molecule has 2 heteroatoms. The van der Waals surface area contributed by atoms with Gasteiger partial charge in [-0.05, 0) is 70.5 Å². The molecule has 32 heavy (non-hydrogen) atoms. The molecule has 7 rings (SSSR count). The van der Waals surface area contributed by atoms with Crippen molar-refractivity contribution >= 4 is 44.1 Å². The number of aromatic nitrogens is 1. The highest BCUT2D eigenvalue weighted by atomic mass is 32.2. The predicted octanol–water partition coefficient (Wildman–Crippen LogP) is 8.07. The van der Waals surface area contributed by atoms with Crippen molar-refractivity contribution in [2.24, 2.45) is 7.05 Å². The van der Waals surface area contributed by atoms with Gasteiger partial charge in [0, 0.05) is 21.2 Å². The standard InChI is InChI=1S/C30H26NS/c1-18-21-11-6-5-10-20(21)16-26-28(18)30-29-24(14-15-31(30)2)23-13-7-12-22(19-8-3-4-9-19)25(23)17-27(29)32-26/h5-7,10-17,19H,3-4,8-9H2,1-2H3/q+1. The summed E-state index contributed by atoms with van der Waals surface area (Å²) in [6, 6.07) is 23.1. The third kappa shape index (κ3) is 2.50. The van der Waals surface area contributed by atoms with E-state index < -0.39 is 0 Å². The number of rotatable bonds is 1. The predicted molar refractivity (Wildman–Crippen MR) is 136 cm³/mol. The highest BCUT2D eigenvalue weighted by molar-refractivity contribution is 7.99. The molecule has 0 amide bonds. The van der Waals surface area contributed by atoms with Crippen LogP contribution < -0.4 is 4.57 Å². The number of hydrogen-bond donors (Lipinski definition) is 0. The number of nitrogens with zero attached hydrogens (tertiary/aromatic N) is 1. The van der Waals surface area contributed by atoms with Gasteiger partial charge in [-0.1, -0.05) is 67.1 Å². The Morgan fingerprint density at radius 2 is 1.62 bits per heavy atom. The van der Waals surface area contributed by atoms with Crippen molar-refractivity contribution in [1.29, 1.82) is 0 Å². The summed E-state index contributed by atoms with van der Waals surface area (Å²) in [5.74, 6) is 0.717. The van der Waals surface area contributed by atoms with Crippen LogP contribution in [-0.4, -0.2) is 0 Å². The zero-order valence-electron chi connectivity index (χ0n) is 18.6. The molecule has 156 valence electrons. The Balaban J connectivity index is 1.61. The second kappa shape index (κ2) is 6.83. The lowest BCUT2D eigenvalue weighted by Crippen LogP contribution is -2.31. The van der Waals surface area contributed by atoms with Crippen LogP contribution >= 0.6 is 11.8 Å². The first-order valence-electron chi connectivity index (χ1n) is 11.8. The maximum absolute atomic E-state index is 2.51. The molecule has 0 unspecified atom stereocenters. The minimum atomic E-state index is 0.717. The summed E-state index contributed by atoms with van der Waals surface area (Å²) < 4.78 is 2.33. The van der Waals surface area contributed by atoms with Crippen LogP contribution in [0.1, 0.15) is 42.7 Å². The van der Waals surface area contributed by atoms with Gasteiger partial charge < -0.3 is 0 Å². The maximum Gasteiger partial charge on any atom is 0.222 e. The van der Waals surface area contributed by atoms with E-state index in [1.54, 1.807) is 5.56 Å². The van der Waals surface area contributed by atoms with E-state index in [9.17, 15) is 0 Å². The van der Waals surface area contributed by atoms with E-state index in [-0.39, 0.29) is 0 Å². The number of aryl methyl sites for hydroxylation is 2. The van der Waals surface area contributed by atoms with E-state index in [2.05, 4.69) is 85.4 Å². The fraction of sp³-hybridized carbons (Fsp3) is 0.233. The molecule has 4 aromatic carbocycles. The monoisotopic (exact) mass is 432 g/mol. The number of benzene rings is 4. The molecule has 0 spiro atoms. The van der Waals surface area contributed by atoms with Crippen LogP contribution in [0.15, 0.2) is 76.7 Å². The van der Waals surface area contributed by atoms with Crippen molar-refractivity contribution in [2.75, 3.05) is 0 Å². The fourth-order valence-electron chi connectivity index (χ4n) is 6.27. The van der Waals surface area contributed by atoms with Gasteiger partial charge in [0.05, 0.1) is 10.9 Å². The Morgan fingerprint density at radius 3 is 2.50 bits per heavy atom. The molecule has 1 nitrogen and oxygen atoms in total. The summed E-state index contributed by atoms with van der Waals surface area (Å²) in [6.45, 7) is 2.30. The summed E-state index contributed by atoms with van der Waals surface area (Å²) in [7, 11) is 2.20. The zero-order chi connectivity index (χ0) is 21.4. The Kier molecular flexibility index (Phi) is 3.99. The average Bonchev–Trinajstić information content (AvgIpc) is 3.35. The minimum absolute atomic E-state index is 0.717. The Labute approximate surface area is 193 Å². The molecule has 0 N–H and O–H groups in total. The Bertz CT molecular complexity index is 1570. The number of fused-ring (bicyclic) bond motifs is 5. The fourth-order valence-corrected chi connectivity index (χ4v) is 7.53. The van der Waals surface area contributed by atoms with E-state index in [1.165, 1.54) is 84.6 Å². The van der Waals surface area contributed by atoms with Crippen LogP contribution in [0.3, 0.4) is 0 Å². The third-order valence-corrected chi connectivity index (χ3v) is 8.88. The Morgan fingerprint density at radius 1 is 0.812 bits per heavy atom. The van der Waals surface area contributed by atoms with Crippen molar-refractivity contribution in [1.82, 2.24) is 0 Å². The molecular weight excluding hydrogens is 406 g/mol. The van der Waals surface area contributed by atoms with Crippen molar-refractivity contribution < 1.29 is 4.57 Å².